The molecule has 2 aromatic heterocycles. The Morgan fingerprint density at radius 2 is 2.00 bits per heavy atom. The molecule has 0 saturated heterocycles. The van der Waals surface area contributed by atoms with Crippen molar-refractivity contribution in [2.75, 3.05) is 14.2 Å². The summed E-state index contributed by atoms with van der Waals surface area (Å²) in [5.74, 6) is 0.318. The topological polar surface area (TPSA) is 81.5 Å². The summed E-state index contributed by atoms with van der Waals surface area (Å²) in [6, 6.07) is 1.35. The number of aromatic nitrogens is 2. The molecule has 0 atom stereocenters. The number of carbonyl (C=O) groups is 1. The number of hydrogen-bond acceptors (Lipinski definition) is 6. The molecule has 0 aliphatic carbocycles. The van der Waals surface area contributed by atoms with Gasteiger partial charge in [0.25, 0.3) is 0 Å². The first-order valence-electron chi connectivity index (χ1n) is 8.27. The van der Waals surface area contributed by atoms with E-state index in [1.165, 1.54) is 33.1 Å². The van der Waals surface area contributed by atoms with Gasteiger partial charge in [0.1, 0.15) is 11.4 Å². The Balaban J connectivity index is 2.25. The van der Waals surface area contributed by atoms with Crippen LogP contribution < -0.4 is 9.47 Å². The fraction of sp³-hybridized carbons (Fsp3) is 0.500. The SMILES string of the molecule is COc1cc(C(=O)O)nc(-c2csc(CCCCC(C)C)n2)c1OC. The highest BCUT2D eigenvalue weighted by atomic mass is 32.1. The van der Waals surface area contributed by atoms with E-state index in [9.17, 15) is 9.90 Å². The number of aromatic carboxylic acids is 1. The van der Waals surface area contributed by atoms with Crippen LogP contribution in [-0.2, 0) is 6.42 Å². The van der Waals surface area contributed by atoms with Gasteiger partial charge in [-0.15, -0.1) is 11.3 Å². The minimum Gasteiger partial charge on any atom is -0.493 e. The van der Waals surface area contributed by atoms with E-state index in [4.69, 9.17) is 9.47 Å². The van der Waals surface area contributed by atoms with Crippen LogP contribution in [-0.4, -0.2) is 35.3 Å². The van der Waals surface area contributed by atoms with Crippen LogP contribution in [0.5, 0.6) is 11.5 Å². The second-order valence-corrected chi connectivity index (χ2v) is 7.11. The monoisotopic (exact) mass is 364 g/mol. The first kappa shape index (κ1) is 19.2. The lowest BCUT2D eigenvalue weighted by atomic mass is 10.1. The lowest BCUT2D eigenvalue weighted by Crippen LogP contribution is -2.05. The van der Waals surface area contributed by atoms with E-state index in [1.807, 2.05) is 5.38 Å². The molecule has 0 aromatic carbocycles. The molecular formula is C18H24N2O4S. The van der Waals surface area contributed by atoms with Crippen molar-refractivity contribution in [2.24, 2.45) is 5.92 Å². The van der Waals surface area contributed by atoms with E-state index in [0.717, 1.165) is 17.8 Å². The molecule has 0 spiro atoms. The van der Waals surface area contributed by atoms with E-state index in [-0.39, 0.29) is 5.69 Å². The molecule has 7 heteroatoms. The number of carboxylic acid groups (broad SMARTS) is 1. The Kier molecular flexibility index (Phi) is 6.75. The fourth-order valence-electron chi connectivity index (χ4n) is 2.51. The van der Waals surface area contributed by atoms with Crippen LogP contribution in [0.25, 0.3) is 11.4 Å². The van der Waals surface area contributed by atoms with Crippen molar-refractivity contribution in [3.63, 3.8) is 0 Å². The van der Waals surface area contributed by atoms with Crippen molar-refractivity contribution in [3.8, 4) is 22.9 Å². The molecule has 0 aliphatic heterocycles. The number of carboxylic acids is 1. The highest BCUT2D eigenvalue weighted by Crippen LogP contribution is 2.37. The van der Waals surface area contributed by atoms with Gasteiger partial charge in [-0.25, -0.2) is 14.8 Å². The second-order valence-electron chi connectivity index (χ2n) is 6.16. The third kappa shape index (κ3) is 4.92. The average Bonchev–Trinajstić information content (AvgIpc) is 3.05. The number of pyridine rings is 1. The molecule has 0 unspecified atom stereocenters. The third-order valence-corrected chi connectivity index (χ3v) is 4.71. The van der Waals surface area contributed by atoms with Crippen molar-refractivity contribution < 1.29 is 19.4 Å². The van der Waals surface area contributed by atoms with Gasteiger partial charge in [-0.3, -0.25) is 0 Å². The molecular weight excluding hydrogens is 340 g/mol. The predicted octanol–water partition coefficient (Wildman–Crippen LogP) is 4.29. The normalized spacial score (nSPS) is 10.9. The Morgan fingerprint density at radius 1 is 1.24 bits per heavy atom. The van der Waals surface area contributed by atoms with Crippen LogP contribution in [0.15, 0.2) is 11.4 Å². The summed E-state index contributed by atoms with van der Waals surface area (Å²) < 4.78 is 10.6. The summed E-state index contributed by atoms with van der Waals surface area (Å²) in [6.45, 7) is 4.45. The number of hydrogen-bond donors (Lipinski definition) is 1. The molecule has 0 radical (unpaired) electrons. The smallest absolute Gasteiger partial charge is 0.354 e. The van der Waals surface area contributed by atoms with Crippen molar-refractivity contribution in [1.29, 1.82) is 0 Å². The van der Waals surface area contributed by atoms with Crippen molar-refractivity contribution in [2.45, 2.75) is 39.5 Å². The van der Waals surface area contributed by atoms with E-state index >= 15 is 0 Å². The van der Waals surface area contributed by atoms with Crippen LogP contribution in [0.1, 0.15) is 48.6 Å². The summed E-state index contributed by atoms with van der Waals surface area (Å²) in [5.41, 5.74) is 0.908. The summed E-state index contributed by atoms with van der Waals surface area (Å²) in [5, 5.41) is 12.2. The molecule has 6 nitrogen and oxygen atoms in total. The molecule has 2 aromatic rings. The van der Waals surface area contributed by atoms with E-state index in [0.29, 0.717) is 28.8 Å². The Labute approximate surface area is 151 Å². The molecule has 0 amide bonds. The highest BCUT2D eigenvalue weighted by molar-refractivity contribution is 7.09. The van der Waals surface area contributed by atoms with Gasteiger partial charge in [0.2, 0.25) is 0 Å². The second kappa shape index (κ2) is 8.80. The van der Waals surface area contributed by atoms with E-state index in [2.05, 4.69) is 23.8 Å². The van der Waals surface area contributed by atoms with Crippen LogP contribution in [0, 0.1) is 5.92 Å². The Morgan fingerprint density at radius 3 is 2.60 bits per heavy atom. The zero-order valence-corrected chi connectivity index (χ0v) is 15.9. The van der Waals surface area contributed by atoms with Crippen LogP contribution in [0.2, 0.25) is 0 Å². The van der Waals surface area contributed by atoms with Gasteiger partial charge in [-0.1, -0.05) is 26.7 Å². The maximum Gasteiger partial charge on any atom is 0.354 e. The van der Waals surface area contributed by atoms with Crippen LogP contribution >= 0.6 is 11.3 Å². The van der Waals surface area contributed by atoms with Gasteiger partial charge in [0.15, 0.2) is 17.2 Å². The first-order valence-corrected chi connectivity index (χ1v) is 9.15. The van der Waals surface area contributed by atoms with Gasteiger partial charge < -0.3 is 14.6 Å². The number of aryl methyl sites for hydroxylation is 1. The van der Waals surface area contributed by atoms with E-state index in [1.54, 1.807) is 11.3 Å². The van der Waals surface area contributed by atoms with Gasteiger partial charge in [0, 0.05) is 11.4 Å². The van der Waals surface area contributed by atoms with Crippen LogP contribution in [0.3, 0.4) is 0 Å². The molecule has 0 saturated carbocycles. The summed E-state index contributed by atoms with van der Waals surface area (Å²) >= 11 is 1.56. The summed E-state index contributed by atoms with van der Waals surface area (Å²) in [6.07, 6.45) is 4.39. The molecule has 2 rings (SSSR count). The molecule has 1 N–H and O–H groups in total. The quantitative estimate of drug-likeness (QED) is 0.669. The summed E-state index contributed by atoms with van der Waals surface area (Å²) in [4.78, 5) is 20.1. The summed E-state index contributed by atoms with van der Waals surface area (Å²) in [7, 11) is 2.97. The molecule has 0 bridgehead atoms. The third-order valence-electron chi connectivity index (χ3n) is 3.80. The minimum atomic E-state index is -1.12. The molecule has 0 aliphatic rings. The number of unbranched alkanes of at least 4 members (excludes halogenated alkanes) is 1. The predicted molar refractivity (Wildman–Crippen MR) is 97.8 cm³/mol. The number of rotatable bonds is 9. The zero-order valence-electron chi connectivity index (χ0n) is 15.0. The Bertz CT molecular complexity index is 728. The molecule has 25 heavy (non-hydrogen) atoms. The number of nitrogens with zero attached hydrogens (tertiary/aromatic N) is 2. The molecule has 136 valence electrons. The number of methoxy groups -OCH3 is 2. The standard InChI is InChI=1S/C18H24N2O4S/c1-11(2)7-5-6-8-15-19-13(10-25-15)16-17(24-4)14(23-3)9-12(20-16)18(21)22/h9-11H,5-8H2,1-4H3,(H,21,22). The average molecular weight is 364 g/mol. The maximum atomic E-state index is 11.3. The van der Waals surface area contributed by atoms with E-state index < -0.39 is 5.97 Å². The molecule has 0 fully saturated rings. The lowest BCUT2D eigenvalue weighted by Gasteiger charge is -2.11. The lowest BCUT2D eigenvalue weighted by molar-refractivity contribution is 0.0690. The van der Waals surface area contributed by atoms with Crippen LogP contribution in [0.4, 0.5) is 0 Å². The number of thiazole rings is 1. The Hall–Kier alpha value is -2.15. The van der Waals surface area contributed by atoms with Crippen molar-refractivity contribution in [1.82, 2.24) is 9.97 Å². The van der Waals surface area contributed by atoms with Gasteiger partial charge >= 0.3 is 5.97 Å². The maximum absolute atomic E-state index is 11.3. The first-order chi connectivity index (χ1) is 12.0. The van der Waals surface area contributed by atoms with Crippen molar-refractivity contribution in [3.05, 3.63) is 22.1 Å². The highest BCUT2D eigenvalue weighted by Gasteiger charge is 2.20. The van der Waals surface area contributed by atoms with Gasteiger partial charge in [-0.2, -0.15) is 0 Å². The largest absolute Gasteiger partial charge is 0.493 e. The van der Waals surface area contributed by atoms with Crippen molar-refractivity contribution >= 4 is 17.3 Å². The minimum absolute atomic E-state index is 0.0980. The fourth-order valence-corrected chi connectivity index (χ4v) is 3.33. The molecule has 2 heterocycles. The van der Waals surface area contributed by atoms with Gasteiger partial charge in [-0.05, 0) is 18.8 Å². The van der Waals surface area contributed by atoms with Gasteiger partial charge in [0.05, 0.1) is 19.2 Å². The number of ether oxygens (including phenoxy) is 2. The zero-order chi connectivity index (χ0) is 18.4.